The fourth-order valence-corrected chi connectivity index (χ4v) is 8.42. The van der Waals surface area contributed by atoms with E-state index >= 15 is 0 Å². The zero-order chi connectivity index (χ0) is 23.1. The minimum absolute atomic E-state index is 0.0847. The maximum absolute atomic E-state index is 12.2. The molecule has 32 heavy (non-hydrogen) atoms. The number of hydrogen-bond acceptors (Lipinski definition) is 5. The van der Waals surface area contributed by atoms with Crippen molar-refractivity contribution < 1.29 is 23.8 Å². The molecule has 0 heterocycles. The molecule has 0 aromatic heterocycles. The van der Waals surface area contributed by atoms with Crippen LogP contribution in [0.5, 0.6) is 0 Å². The molecular formula is C27H42O5. The number of methoxy groups -OCH3 is 2. The van der Waals surface area contributed by atoms with Gasteiger partial charge in [0.05, 0.1) is 13.2 Å². The van der Waals surface area contributed by atoms with E-state index in [0.717, 1.165) is 32.1 Å². The molecule has 0 bridgehead atoms. The molecule has 0 amide bonds. The summed E-state index contributed by atoms with van der Waals surface area (Å²) in [6.07, 6.45) is 10.9. The molecule has 3 unspecified atom stereocenters. The molecule has 8 atom stereocenters. The minimum atomic E-state index is -0.114. The Balaban J connectivity index is 1.62. The lowest BCUT2D eigenvalue weighted by Gasteiger charge is -2.60. The molecule has 0 aromatic rings. The summed E-state index contributed by atoms with van der Waals surface area (Å²) in [5.41, 5.74) is 1.60. The summed E-state index contributed by atoms with van der Waals surface area (Å²) >= 11 is 0. The minimum Gasteiger partial charge on any atom is -0.469 e. The first-order chi connectivity index (χ1) is 15.3. The third-order valence-corrected chi connectivity index (χ3v) is 10.2. The summed E-state index contributed by atoms with van der Waals surface area (Å²) in [5.74, 6) is 3.11. The Morgan fingerprint density at radius 1 is 1.22 bits per heavy atom. The smallest absolute Gasteiger partial charge is 0.305 e. The van der Waals surface area contributed by atoms with Gasteiger partial charge < -0.3 is 14.2 Å². The van der Waals surface area contributed by atoms with Crippen LogP contribution >= 0.6 is 0 Å². The number of ether oxygens (including phenoxy) is 3. The first-order valence-corrected chi connectivity index (χ1v) is 12.6. The fraction of sp³-hybridized carbons (Fsp3) is 0.852. The van der Waals surface area contributed by atoms with Crippen molar-refractivity contribution >= 4 is 11.8 Å². The lowest BCUT2D eigenvalue weighted by Crippen LogP contribution is -2.57. The number of fused-ring (bicyclic) bond motifs is 5. The van der Waals surface area contributed by atoms with Gasteiger partial charge in [-0.1, -0.05) is 32.4 Å². The van der Waals surface area contributed by atoms with Gasteiger partial charge in [-0.25, -0.2) is 0 Å². The van der Waals surface area contributed by atoms with Crippen molar-refractivity contribution in [2.75, 3.05) is 21.0 Å². The molecule has 0 spiro atoms. The molecule has 3 saturated carbocycles. The van der Waals surface area contributed by atoms with Crippen molar-refractivity contribution in [1.82, 2.24) is 0 Å². The van der Waals surface area contributed by atoms with Gasteiger partial charge >= 0.3 is 5.97 Å². The van der Waals surface area contributed by atoms with E-state index in [0.29, 0.717) is 55.0 Å². The Hall–Kier alpha value is -1.20. The maximum atomic E-state index is 12.2. The molecule has 0 aromatic carbocycles. The number of hydrogen-bond donors (Lipinski definition) is 0. The topological polar surface area (TPSA) is 61.8 Å². The zero-order valence-corrected chi connectivity index (χ0v) is 20.7. The molecule has 4 rings (SSSR count). The van der Waals surface area contributed by atoms with Crippen LogP contribution in [0.1, 0.15) is 78.6 Å². The lowest BCUT2D eigenvalue weighted by molar-refractivity contribution is -0.191. The van der Waals surface area contributed by atoms with Crippen LogP contribution in [0.25, 0.3) is 0 Å². The van der Waals surface area contributed by atoms with Crippen molar-refractivity contribution in [3.8, 4) is 0 Å². The van der Waals surface area contributed by atoms with Crippen LogP contribution in [0.15, 0.2) is 11.6 Å². The molecule has 0 aliphatic heterocycles. The van der Waals surface area contributed by atoms with Gasteiger partial charge in [-0.3, -0.25) is 9.59 Å². The van der Waals surface area contributed by atoms with Crippen molar-refractivity contribution in [1.29, 1.82) is 0 Å². The number of carbonyl (C=O) groups excluding carboxylic acids is 2. The van der Waals surface area contributed by atoms with Crippen LogP contribution in [0.4, 0.5) is 0 Å². The van der Waals surface area contributed by atoms with E-state index in [9.17, 15) is 9.59 Å². The van der Waals surface area contributed by atoms with Gasteiger partial charge in [0, 0.05) is 31.8 Å². The first kappa shape index (κ1) is 23.9. The third-order valence-electron chi connectivity index (χ3n) is 10.2. The van der Waals surface area contributed by atoms with Crippen LogP contribution in [0.2, 0.25) is 0 Å². The second-order valence-electron chi connectivity index (χ2n) is 11.4. The predicted octanol–water partition coefficient (Wildman–Crippen LogP) is 5.32. The van der Waals surface area contributed by atoms with E-state index in [2.05, 4.69) is 26.8 Å². The number of esters is 1. The number of carbonyl (C=O) groups is 2. The highest BCUT2D eigenvalue weighted by atomic mass is 16.7. The molecule has 0 saturated heterocycles. The van der Waals surface area contributed by atoms with E-state index in [1.54, 1.807) is 7.11 Å². The summed E-state index contributed by atoms with van der Waals surface area (Å²) in [6, 6.07) is 0. The monoisotopic (exact) mass is 446 g/mol. The highest BCUT2D eigenvalue weighted by Gasteiger charge is 2.63. The number of rotatable bonds is 7. The average molecular weight is 447 g/mol. The number of Topliss-reactive ketones (excluding diaryl/α,β-unsaturated/α-hetero) is 1. The lowest BCUT2D eigenvalue weighted by atomic mass is 9.46. The van der Waals surface area contributed by atoms with Crippen molar-refractivity contribution in [3.63, 3.8) is 0 Å². The second kappa shape index (κ2) is 9.21. The van der Waals surface area contributed by atoms with Gasteiger partial charge in [0.15, 0.2) is 0 Å². The molecule has 3 fully saturated rings. The van der Waals surface area contributed by atoms with Crippen LogP contribution < -0.4 is 0 Å². The van der Waals surface area contributed by atoms with Gasteiger partial charge in [-0.2, -0.15) is 0 Å². The molecule has 180 valence electrons. The molecular weight excluding hydrogens is 404 g/mol. The summed E-state index contributed by atoms with van der Waals surface area (Å²) < 4.78 is 16.7. The van der Waals surface area contributed by atoms with Crippen LogP contribution in [0.3, 0.4) is 0 Å². The highest BCUT2D eigenvalue weighted by Crippen LogP contribution is 2.67. The third kappa shape index (κ3) is 3.87. The Morgan fingerprint density at radius 3 is 2.72 bits per heavy atom. The van der Waals surface area contributed by atoms with Crippen LogP contribution in [-0.2, 0) is 23.8 Å². The zero-order valence-electron chi connectivity index (χ0n) is 20.7. The largest absolute Gasteiger partial charge is 0.469 e. The molecule has 4 aliphatic rings. The summed E-state index contributed by atoms with van der Waals surface area (Å²) in [4.78, 5) is 24.0. The van der Waals surface area contributed by atoms with Gasteiger partial charge in [-0.05, 0) is 73.5 Å². The Labute approximate surface area is 193 Å². The normalized spacial score (nSPS) is 41.8. The van der Waals surface area contributed by atoms with Crippen molar-refractivity contribution in [3.05, 3.63) is 11.6 Å². The highest BCUT2D eigenvalue weighted by molar-refractivity contribution is 5.82. The Kier molecular flexibility index (Phi) is 6.89. The molecule has 5 heteroatoms. The van der Waals surface area contributed by atoms with Crippen molar-refractivity contribution in [2.24, 2.45) is 40.4 Å². The SMILES string of the molecule is COCO[C@H]1CC2C(CC=C3CC(=O)CC[C@@]32C)C2CC[C@H]([C@H](C)CCC(=O)OC)[C@]21C. The maximum Gasteiger partial charge on any atom is 0.305 e. The average Bonchev–Trinajstić information content (AvgIpc) is 3.14. The Morgan fingerprint density at radius 2 is 2.00 bits per heavy atom. The predicted molar refractivity (Wildman–Crippen MR) is 123 cm³/mol. The second-order valence-corrected chi connectivity index (χ2v) is 11.4. The van der Waals surface area contributed by atoms with Crippen LogP contribution in [0, 0.1) is 40.4 Å². The van der Waals surface area contributed by atoms with Gasteiger partial charge in [0.25, 0.3) is 0 Å². The standard InChI is InChI=1S/C27H42O5/c1-17(6-11-25(29)31-5)21-9-10-22-20-8-7-18-14-19(28)12-13-26(18,2)23(20)15-24(27(21,22)3)32-16-30-4/h7,17,20-24H,6,8-16H2,1-5H3/t17-,20?,21-,22?,23?,24+,26+,27-/m1/s1. The molecule has 0 radical (unpaired) electrons. The summed E-state index contributed by atoms with van der Waals surface area (Å²) in [6.45, 7) is 7.52. The van der Waals surface area contributed by atoms with Crippen molar-refractivity contribution in [2.45, 2.75) is 84.7 Å². The van der Waals surface area contributed by atoms with E-state index in [-0.39, 0.29) is 22.9 Å². The van der Waals surface area contributed by atoms with Gasteiger partial charge in [-0.15, -0.1) is 0 Å². The van der Waals surface area contributed by atoms with Gasteiger partial charge in [0.2, 0.25) is 0 Å². The summed E-state index contributed by atoms with van der Waals surface area (Å²) in [5, 5.41) is 0. The van der Waals surface area contributed by atoms with E-state index in [4.69, 9.17) is 14.2 Å². The molecule has 0 N–H and O–H groups in total. The quantitative estimate of drug-likeness (QED) is 0.301. The van der Waals surface area contributed by atoms with Crippen LogP contribution in [-0.4, -0.2) is 38.9 Å². The summed E-state index contributed by atoms with van der Waals surface area (Å²) in [7, 11) is 3.17. The fourth-order valence-electron chi connectivity index (χ4n) is 8.42. The molecule has 4 aliphatic carbocycles. The van der Waals surface area contributed by atoms with Gasteiger partial charge in [0.1, 0.15) is 12.6 Å². The number of ketones is 1. The van der Waals surface area contributed by atoms with E-state index in [1.165, 1.54) is 25.5 Å². The number of allylic oxidation sites excluding steroid dienone is 2. The van der Waals surface area contributed by atoms with E-state index in [1.807, 2.05) is 0 Å². The van der Waals surface area contributed by atoms with E-state index < -0.39 is 0 Å². The molecule has 5 nitrogen and oxygen atoms in total. The first-order valence-electron chi connectivity index (χ1n) is 12.6. The Bertz CT molecular complexity index is 759.